The molecule has 0 spiro atoms. The van der Waals surface area contributed by atoms with Crippen molar-refractivity contribution in [3.8, 4) is 5.75 Å². The van der Waals surface area contributed by atoms with E-state index >= 15 is 0 Å². The van der Waals surface area contributed by atoms with E-state index in [0.29, 0.717) is 19.2 Å². The van der Waals surface area contributed by atoms with Gasteiger partial charge in [0, 0.05) is 25.0 Å². The molecule has 0 aromatic carbocycles. The van der Waals surface area contributed by atoms with Gasteiger partial charge >= 0.3 is 0 Å². The van der Waals surface area contributed by atoms with Crippen molar-refractivity contribution in [2.24, 2.45) is 0 Å². The van der Waals surface area contributed by atoms with Crippen LogP contribution < -0.4 is 10.1 Å². The Kier molecular flexibility index (Phi) is 3.92. The zero-order chi connectivity index (χ0) is 13.8. The molecule has 0 unspecified atom stereocenters. The maximum Gasteiger partial charge on any atom is 0.140 e. The van der Waals surface area contributed by atoms with E-state index in [-0.39, 0.29) is 0 Å². The summed E-state index contributed by atoms with van der Waals surface area (Å²) >= 11 is 0. The van der Waals surface area contributed by atoms with Gasteiger partial charge in [0.1, 0.15) is 12.4 Å². The maximum atomic E-state index is 5.69. The highest BCUT2D eigenvalue weighted by atomic mass is 16.5. The third kappa shape index (κ3) is 3.54. The number of hydrogen-bond acceptors (Lipinski definition) is 5. The van der Waals surface area contributed by atoms with Gasteiger partial charge in [0.05, 0.1) is 17.9 Å². The Morgan fingerprint density at radius 1 is 1.45 bits per heavy atom. The number of aryl methyl sites for hydroxylation is 1. The zero-order valence-electron chi connectivity index (χ0n) is 11.6. The normalized spacial score (nSPS) is 14.4. The van der Waals surface area contributed by atoms with Crippen LogP contribution in [0.4, 0.5) is 0 Å². The fourth-order valence-corrected chi connectivity index (χ4v) is 1.94. The lowest BCUT2D eigenvalue weighted by Gasteiger charge is -2.07. The van der Waals surface area contributed by atoms with E-state index in [1.165, 1.54) is 12.8 Å². The molecule has 6 heteroatoms. The highest BCUT2D eigenvalue weighted by Gasteiger charge is 2.20. The highest BCUT2D eigenvalue weighted by Crippen LogP contribution is 2.18. The quantitative estimate of drug-likeness (QED) is 0.824. The van der Waals surface area contributed by atoms with Gasteiger partial charge in [-0.1, -0.05) is 5.21 Å². The Morgan fingerprint density at radius 3 is 3.15 bits per heavy atom. The first-order chi connectivity index (χ1) is 9.81. The van der Waals surface area contributed by atoms with E-state index in [9.17, 15) is 0 Å². The maximum absolute atomic E-state index is 5.69. The lowest BCUT2D eigenvalue weighted by molar-refractivity contribution is 0.286. The van der Waals surface area contributed by atoms with Gasteiger partial charge in [-0.2, -0.15) is 0 Å². The fraction of sp³-hybridized carbons (Fsp3) is 0.500. The monoisotopic (exact) mass is 273 g/mol. The molecule has 2 aromatic heterocycles. The number of ether oxygens (including phenoxy) is 1. The molecule has 1 saturated carbocycles. The van der Waals surface area contributed by atoms with Crippen molar-refractivity contribution in [1.29, 1.82) is 0 Å². The van der Waals surface area contributed by atoms with Crippen LogP contribution in [0.1, 0.15) is 24.2 Å². The van der Waals surface area contributed by atoms with Crippen molar-refractivity contribution in [2.75, 3.05) is 6.61 Å². The lowest BCUT2D eigenvalue weighted by Crippen LogP contribution is -2.15. The molecule has 6 nitrogen and oxygen atoms in total. The molecule has 106 valence electrons. The first-order valence-electron chi connectivity index (χ1n) is 6.98. The summed E-state index contributed by atoms with van der Waals surface area (Å²) in [5, 5.41) is 11.7. The van der Waals surface area contributed by atoms with Gasteiger partial charge in [-0.15, -0.1) is 5.10 Å². The van der Waals surface area contributed by atoms with E-state index in [1.54, 1.807) is 6.20 Å². The predicted octanol–water partition coefficient (Wildman–Crippen LogP) is 1.31. The van der Waals surface area contributed by atoms with E-state index in [4.69, 9.17) is 4.74 Å². The Balaban J connectivity index is 1.45. The van der Waals surface area contributed by atoms with Crippen LogP contribution in [0.15, 0.2) is 24.5 Å². The van der Waals surface area contributed by atoms with Crippen molar-refractivity contribution in [1.82, 2.24) is 25.3 Å². The Bertz CT molecular complexity index is 564. The third-order valence-electron chi connectivity index (χ3n) is 3.27. The van der Waals surface area contributed by atoms with E-state index in [0.717, 1.165) is 23.7 Å². The average molecular weight is 273 g/mol. The van der Waals surface area contributed by atoms with Crippen LogP contribution in [0.25, 0.3) is 0 Å². The second kappa shape index (κ2) is 6.00. The number of hydrogen-bond donors (Lipinski definition) is 1. The smallest absolute Gasteiger partial charge is 0.140 e. The SMILES string of the molecule is Cc1ncccc1OCCn1cc(CNC2CC2)nn1. The molecular weight excluding hydrogens is 254 g/mol. The molecule has 1 aliphatic rings. The van der Waals surface area contributed by atoms with Crippen LogP contribution in [-0.2, 0) is 13.1 Å². The summed E-state index contributed by atoms with van der Waals surface area (Å²) < 4.78 is 7.51. The van der Waals surface area contributed by atoms with Crippen LogP contribution in [-0.4, -0.2) is 32.6 Å². The molecule has 20 heavy (non-hydrogen) atoms. The molecule has 0 saturated heterocycles. The van der Waals surface area contributed by atoms with Gasteiger partial charge in [0.2, 0.25) is 0 Å². The molecule has 1 fully saturated rings. The van der Waals surface area contributed by atoms with Crippen LogP contribution in [0.3, 0.4) is 0 Å². The number of pyridine rings is 1. The molecule has 0 radical (unpaired) electrons. The Hall–Kier alpha value is -1.95. The fourth-order valence-electron chi connectivity index (χ4n) is 1.94. The highest BCUT2D eigenvalue weighted by molar-refractivity contribution is 5.25. The van der Waals surface area contributed by atoms with Crippen LogP contribution in [0.2, 0.25) is 0 Å². The molecule has 1 aliphatic carbocycles. The van der Waals surface area contributed by atoms with Crippen LogP contribution >= 0.6 is 0 Å². The van der Waals surface area contributed by atoms with Gasteiger partial charge in [0.15, 0.2) is 0 Å². The standard InChI is InChI=1S/C14H19N5O/c1-11-14(3-2-6-15-11)20-8-7-19-10-13(17-18-19)9-16-12-4-5-12/h2-3,6,10,12,16H,4-5,7-9H2,1H3. The minimum atomic E-state index is 0.561. The third-order valence-corrected chi connectivity index (χ3v) is 3.27. The van der Waals surface area contributed by atoms with E-state index in [2.05, 4.69) is 20.6 Å². The Morgan fingerprint density at radius 2 is 2.35 bits per heavy atom. The van der Waals surface area contributed by atoms with Crippen molar-refractivity contribution >= 4 is 0 Å². The van der Waals surface area contributed by atoms with Crippen molar-refractivity contribution in [3.05, 3.63) is 35.9 Å². The van der Waals surface area contributed by atoms with Crippen molar-refractivity contribution in [2.45, 2.75) is 38.9 Å². The first kappa shape index (κ1) is 13.1. The van der Waals surface area contributed by atoms with Gasteiger partial charge in [-0.25, -0.2) is 4.68 Å². The van der Waals surface area contributed by atoms with Crippen LogP contribution in [0, 0.1) is 6.92 Å². The number of nitrogens with one attached hydrogen (secondary N) is 1. The molecule has 2 heterocycles. The summed E-state index contributed by atoms with van der Waals surface area (Å²) in [6, 6.07) is 4.49. The Labute approximate surface area is 118 Å². The van der Waals surface area contributed by atoms with Crippen LogP contribution in [0.5, 0.6) is 5.75 Å². The van der Waals surface area contributed by atoms with Gasteiger partial charge in [-0.05, 0) is 31.9 Å². The van der Waals surface area contributed by atoms with Crippen molar-refractivity contribution in [3.63, 3.8) is 0 Å². The molecule has 0 bridgehead atoms. The molecule has 0 aliphatic heterocycles. The summed E-state index contributed by atoms with van der Waals surface area (Å²) in [7, 11) is 0. The lowest BCUT2D eigenvalue weighted by atomic mass is 10.3. The summed E-state index contributed by atoms with van der Waals surface area (Å²) in [5.41, 5.74) is 1.88. The summed E-state index contributed by atoms with van der Waals surface area (Å²) in [6.45, 7) is 3.98. The summed E-state index contributed by atoms with van der Waals surface area (Å²) in [4.78, 5) is 4.19. The summed E-state index contributed by atoms with van der Waals surface area (Å²) in [6.07, 6.45) is 6.30. The van der Waals surface area contributed by atoms with E-state index < -0.39 is 0 Å². The topological polar surface area (TPSA) is 64.9 Å². The summed E-state index contributed by atoms with van der Waals surface area (Å²) in [5.74, 6) is 0.822. The van der Waals surface area contributed by atoms with Gasteiger partial charge in [0.25, 0.3) is 0 Å². The predicted molar refractivity (Wildman–Crippen MR) is 74.4 cm³/mol. The number of rotatable bonds is 7. The zero-order valence-corrected chi connectivity index (χ0v) is 11.6. The largest absolute Gasteiger partial charge is 0.490 e. The second-order valence-corrected chi connectivity index (χ2v) is 5.06. The number of aromatic nitrogens is 4. The minimum absolute atomic E-state index is 0.561. The minimum Gasteiger partial charge on any atom is -0.490 e. The first-order valence-corrected chi connectivity index (χ1v) is 6.98. The molecule has 0 amide bonds. The molecule has 2 aromatic rings. The average Bonchev–Trinajstić information content (AvgIpc) is 3.18. The van der Waals surface area contributed by atoms with Gasteiger partial charge < -0.3 is 10.1 Å². The molecule has 0 atom stereocenters. The van der Waals surface area contributed by atoms with E-state index in [1.807, 2.05) is 29.9 Å². The molecule has 3 rings (SSSR count). The molecular formula is C14H19N5O. The van der Waals surface area contributed by atoms with Gasteiger partial charge in [-0.3, -0.25) is 4.98 Å². The van der Waals surface area contributed by atoms with Crippen molar-refractivity contribution < 1.29 is 4.74 Å². The molecule has 1 N–H and O–H groups in total. The number of nitrogens with zero attached hydrogens (tertiary/aromatic N) is 4. The second-order valence-electron chi connectivity index (χ2n) is 5.06.